The van der Waals surface area contributed by atoms with E-state index in [1.807, 2.05) is 24.3 Å². The first kappa shape index (κ1) is 13.3. The van der Waals surface area contributed by atoms with Crippen molar-refractivity contribution < 1.29 is 0 Å². The van der Waals surface area contributed by atoms with Gasteiger partial charge in [0.1, 0.15) is 6.33 Å². The fraction of sp³-hybridized carbons (Fsp3) is 0.357. The van der Waals surface area contributed by atoms with Crippen LogP contribution in [0.1, 0.15) is 25.3 Å². The van der Waals surface area contributed by atoms with Crippen molar-refractivity contribution in [3.63, 3.8) is 0 Å². The maximum atomic E-state index is 12.0. The van der Waals surface area contributed by atoms with Gasteiger partial charge in [0.15, 0.2) is 0 Å². The highest BCUT2D eigenvalue weighted by atomic mass is 16.1. The van der Waals surface area contributed by atoms with E-state index in [1.54, 1.807) is 7.05 Å². The van der Waals surface area contributed by atoms with Crippen molar-refractivity contribution in [2.45, 2.75) is 26.2 Å². The van der Waals surface area contributed by atoms with Crippen molar-refractivity contribution in [3.05, 3.63) is 46.6 Å². The molecule has 0 saturated carbocycles. The summed E-state index contributed by atoms with van der Waals surface area (Å²) >= 11 is 0. The van der Waals surface area contributed by atoms with Crippen LogP contribution in [0.3, 0.4) is 0 Å². The summed E-state index contributed by atoms with van der Waals surface area (Å²) in [7, 11) is 1.69. The number of para-hydroxylation sites is 1. The van der Waals surface area contributed by atoms with Gasteiger partial charge < -0.3 is 5.32 Å². The first-order valence-corrected chi connectivity index (χ1v) is 6.48. The molecule has 2 aromatic rings. The Morgan fingerprint density at radius 2 is 2.11 bits per heavy atom. The topological polar surface area (TPSA) is 59.8 Å². The second-order valence-corrected chi connectivity index (χ2v) is 4.31. The highest BCUT2D eigenvalue weighted by molar-refractivity contribution is 5.41. The number of rotatable bonds is 5. The number of unbranched alkanes of at least 4 members (excludes halogenated alkanes) is 1. The van der Waals surface area contributed by atoms with Gasteiger partial charge in [-0.1, -0.05) is 31.5 Å². The molecule has 0 unspecified atom stereocenters. The van der Waals surface area contributed by atoms with Gasteiger partial charge in [-0.15, -0.1) is 0 Å². The Morgan fingerprint density at radius 3 is 2.79 bits per heavy atom. The molecular weight excluding hydrogens is 240 g/mol. The molecule has 0 spiro atoms. The summed E-state index contributed by atoms with van der Waals surface area (Å²) < 4.78 is 1.49. The molecule has 100 valence electrons. The quantitative estimate of drug-likeness (QED) is 0.891. The molecule has 1 N–H and O–H groups in total. The van der Waals surface area contributed by atoms with E-state index in [-0.39, 0.29) is 5.69 Å². The molecule has 0 saturated heterocycles. The Kier molecular flexibility index (Phi) is 4.28. The van der Waals surface area contributed by atoms with Crippen LogP contribution in [0.4, 0.5) is 5.95 Å². The average molecular weight is 258 g/mol. The molecule has 0 aliphatic rings. The summed E-state index contributed by atoms with van der Waals surface area (Å²) in [4.78, 5) is 20.0. The standard InChI is InChI=1S/C14H18N4O/c1-3-4-7-11-8-5-6-9-12(11)18-10-16-13(15-2)17-14(18)19/h5-6,8-10H,3-4,7H2,1-2H3,(H,15,17,19). The van der Waals surface area contributed by atoms with E-state index in [9.17, 15) is 4.79 Å². The Morgan fingerprint density at radius 1 is 1.32 bits per heavy atom. The molecule has 0 atom stereocenters. The van der Waals surface area contributed by atoms with Gasteiger partial charge in [-0.05, 0) is 24.5 Å². The largest absolute Gasteiger partial charge is 0.357 e. The number of hydrogen-bond donors (Lipinski definition) is 1. The summed E-state index contributed by atoms with van der Waals surface area (Å²) in [6, 6.07) is 7.88. The van der Waals surface area contributed by atoms with Crippen molar-refractivity contribution in [2.24, 2.45) is 0 Å². The van der Waals surface area contributed by atoms with Gasteiger partial charge in [0.05, 0.1) is 5.69 Å². The molecule has 5 heteroatoms. The van der Waals surface area contributed by atoms with E-state index in [0.29, 0.717) is 5.95 Å². The summed E-state index contributed by atoms with van der Waals surface area (Å²) in [6.07, 6.45) is 4.69. The van der Waals surface area contributed by atoms with Crippen LogP contribution in [0.5, 0.6) is 0 Å². The molecule has 0 radical (unpaired) electrons. The molecule has 0 fully saturated rings. The predicted octanol–water partition coefficient (Wildman–Crippen LogP) is 2.01. The molecular formula is C14H18N4O. The molecule has 19 heavy (non-hydrogen) atoms. The van der Waals surface area contributed by atoms with Crippen molar-refractivity contribution in [3.8, 4) is 5.69 Å². The minimum absolute atomic E-state index is 0.316. The third-order valence-corrected chi connectivity index (χ3v) is 2.98. The lowest BCUT2D eigenvalue weighted by Crippen LogP contribution is -2.23. The van der Waals surface area contributed by atoms with Gasteiger partial charge in [0.2, 0.25) is 5.95 Å². The van der Waals surface area contributed by atoms with Crippen molar-refractivity contribution in [1.29, 1.82) is 0 Å². The summed E-state index contributed by atoms with van der Waals surface area (Å²) in [5.41, 5.74) is 1.69. The van der Waals surface area contributed by atoms with Crippen molar-refractivity contribution >= 4 is 5.95 Å². The molecule has 0 bridgehead atoms. The van der Waals surface area contributed by atoms with E-state index in [0.717, 1.165) is 30.5 Å². The second kappa shape index (κ2) is 6.13. The molecule has 0 aliphatic carbocycles. The number of nitrogens with zero attached hydrogens (tertiary/aromatic N) is 3. The fourth-order valence-corrected chi connectivity index (χ4v) is 1.95. The second-order valence-electron chi connectivity index (χ2n) is 4.31. The summed E-state index contributed by atoms with van der Waals surface area (Å²) in [6.45, 7) is 2.15. The van der Waals surface area contributed by atoms with Gasteiger partial charge >= 0.3 is 5.69 Å². The molecule has 1 heterocycles. The van der Waals surface area contributed by atoms with Crippen LogP contribution < -0.4 is 11.0 Å². The lowest BCUT2D eigenvalue weighted by Gasteiger charge is -2.10. The third-order valence-electron chi connectivity index (χ3n) is 2.98. The first-order chi connectivity index (χ1) is 9.26. The van der Waals surface area contributed by atoms with Gasteiger partial charge in [-0.25, -0.2) is 9.78 Å². The SMILES string of the molecule is CCCCc1ccccc1-n1cnc(NC)nc1=O. The zero-order valence-electron chi connectivity index (χ0n) is 11.3. The van der Waals surface area contributed by atoms with Crippen LogP contribution in [0.15, 0.2) is 35.4 Å². The van der Waals surface area contributed by atoms with Crippen LogP contribution in [0, 0.1) is 0 Å². The smallest absolute Gasteiger partial charge is 0.356 e. The Labute approximate surface area is 112 Å². The maximum Gasteiger partial charge on any atom is 0.356 e. The Bertz CT molecular complexity index is 606. The van der Waals surface area contributed by atoms with E-state index in [2.05, 4.69) is 22.2 Å². The normalized spacial score (nSPS) is 10.4. The zero-order valence-corrected chi connectivity index (χ0v) is 11.3. The Hall–Kier alpha value is -2.17. The van der Waals surface area contributed by atoms with E-state index in [1.165, 1.54) is 10.9 Å². The first-order valence-electron chi connectivity index (χ1n) is 6.48. The van der Waals surface area contributed by atoms with Crippen LogP contribution in [-0.4, -0.2) is 21.6 Å². The fourth-order valence-electron chi connectivity index (χ4n) is 1.95. The van der Waals surface area contributed by atoms with Gasteiger partial charge in [0.25, 0.3) is 0 Å². The number of anilines is 1. The van der Waals surface area contributed by atoms with Crippen LogP contribution in [0.25, 0.3) is 5.69 Å². The summed E-state index contributed by atoms with van der Waals surface area (Å²) in [5, 5.41) is 2.76. The minimum Gasteiger partial charge on any atom is -0.357 e. The van der Waals surface area contributed by atoms with Crippen molar-refractivity contribution in [1.82, 2.24) is 14.5 Å². The predicted molar refractivity (Wildman–Crippen MR) is 75.8 cm³/mol. The number of aryl methyl sites for hydroxylation is 1. The Balaban J connectivity index is 2.44. The van der Waals surface area contributed by atoms with Crippen LogP contribution in [-0.2, 0) is 6.42 Å². The number of benzene rings is 1. The van der Waals surface area contributed by atoms with Crippen LogP contribution >= 0.6 is 0 Å². The van der Waals surface area contributed by atoms with Gasteiger partial charge in [0, 0.05) is 7.05 Å². The van der Waals surface area contributed by atoms with E-state index in [4.69, 9.17) is 0 Å². The molecule has 1 aromatic carbocycles. The highest BCUT2D eigenvalue weighted by Gasteiger charge is 2.07. The lowest BCUT2D eigenvalue weighted by molar-refractivity contribution is 0.778. The maximum absolute atomic E-state index is 12.0. The molecule has 2 rings (SSSR count). The molecule has 1 aromatic heterocycles. The van der Waals surface area contributed by atoms with Gasteiger partial charge in [-0.2, -0.15) is 4.98 Å². The highest BCUT2D eigenvalue weighted by Crippen LogP contribution is 2.15. The van der Waals surface area contributed by atoms with Crippen molar-refractivity contribution in [2.75, 3.05) is 12.4 Å². The zero-order chi connectivity index (χ0) is 13.7. The number of nitrogens with one attached hydrogen (secondary N) is 1. The molecule has 0 amide bonds. The minimum atomic E-state index is -0.316. The van der Waals surface area contributed by atoms with Crippen LogP contribution in [0.2, 0.25) is 0 Å². The number of aromatic nitrogens is 3. The third kappa shape index (κ3) is 2.99. The number of hydrogen-bond acceptors (Lipinski definition) is 4. The average Bonchev–Trinajstić information content (AvgIpc) is 2.45. The van der Waals surface area contributed by atoms with Gasteiger partial charge in [-0.3, -0.25) is 4.57 Å². The summed E-state index contributed by atoms with van der Waals surface area (Å²) in [5.74, 6) is 0.340. The lowest BCUT2D eigenvalue weighted by atomic mass is 10.1. The monoisotopic (exact) mass is 258 g/mol. The molecule has 5 nitrogen and oxygen atoms in total. The van der Waals surface area contributed by atoms with E-state index < -0.39 is 0 Å². The molecule has 0 aliphatic heterocycles. The van der Waals surface area contributed by atoms with E-state index >= 15 is 0 Å².